The van der Waals surface area contributed by atoms with Crippen LogP contribution in [0.3, 0.4) is 0 Å². The normalized spacial score (nSPS) is 16.4. The van der Waals surface area contributed by atoms with E-state index in [1.165, 1.54) is 0 Å². The summed E-state index contributed by atoms with van der Waals surface area (Å²) in [5, 5.41) is 3.54. The van der Waals surface area contributed by atoms with Gasteiger partial charge in [0, 0.05) is 23.8 Å². The van der Waals surface area contributed by atoms with Gasteiger partial charge in [0.05, 0.1) is 0 Å². The molecule has 3 rings (SSSR count). The molecule has 28 heavy (non-hydrogen) atoms. The number of rotatable bonds is 7. The molecule has 0 saturated carbocycles. The highest BCUT2D eigenvalue weighted by molar-refractivity contribution is 6.30. The number of benzene rings is 2. The fourth-order valence-electron chi connectivity index (χ4n) is 3.13. The molecule has 0 aliphatic carbocycles. The first-order valence-electron chi connectivity index (χ1n) is 9.72. The van der Waals surface area contributed by atoms with Crippen LogP contribution in [0.2, 0.25) is 5.02 Å². The van der Waals surface area contributed by atoms with E-state index in [1.54, 1.807) is 24.3 Å². The summed E-state index contributed by atoms with van der Waals surface area (Å²) in [6, 6.07) is 14.5. The molecule has 1 N–H and O–H groups in total. The third kappa shape index (κ3) is 5.88. The Hall–Kier alpha value is -2.24. The maximum Gasteiger partial charge on any atom is 0.265 e. The summed E-state index contributed by atoms with van der Waals surface area (Å²) in [5.41, 5.74) is 0.721. The third-order valence-corrected chi connectivity index (χ3v) is 5.10. The molecule has 6 heteroatoms. The van der Waals surface area contributed by atoms with Gasteiger partial charge in [0.25, 0.3) is 5.91 Å². The molecular formula is C22H27ClN2O3. The fraction of sp³-hybridized carbons (Fsp3) is 0.409. The highest BCUT2D eigenvalue weighted by atomic mass is 35.5. The summed E-state index contributed by atoms with van der Waals surface area (Å²) < 4.78 is 11.8. The Morgan fingerprint density at radius 1 is 1.11 bits per heavy atom. The lowest BCUT2D eigenvalue weighted by Gasteiger charge is -2.29. The quantitative estimate of drug-likeness (QED) is 0.734. The molecule has 0 radical (unpaired) electrons. The van der Waals surface area contributed by atoms with Crippen molar-refractivity contribution in [3.63, 3.8) is 0 Å². The van der Waals surface area contributed by atoms with Crippen molar-refractivity contribution in [1.29, 1.82) is 0 Å². The lowest BCUT2D eigenvalue weighted by atomic mass is 10.1. The number of likely N-dealkylation sites (tertiary alicyclic amines) is 1. The molecule has 5 nitrogen and oxygen atoms in total. The van der Waals surface area contributed by atoms with Crippen molar-refractivity contribution in [2.75, 3.05) is 25.5 Å². The Morgan fingerprint density at radius 2 is 1.71 bits per heavy atom. The van der Waals surface area contributed by atoms with E-state index in [0.717, 1.165) is 37.4 Å². The second-order valence-corrected chi connectivity index (χ2v) is 7.54. The summed E-state index contributed by atoms with van der Waals surface area (Å²) in [4.78, 5) is 14.9. The Labute approximate surface area is 171 Å². The first-order valence-corrected chi connectivity index (χ1v) is 10.1. The van der Waals surface area contributed by atoms with Gasteiger partial charge in [0.1, 0.15) is 17.6 Å². The van der Waals surface area contributed by atoms with Crippen molar-refractivity contribution in [2.45, 2.75) is 38.4 Å². The Kier molecular flexibility index (Phi) is 7.18. The van der Waals surface area contributed by atoms with Crippen LogP contribution in [0.4, 0.5) is 5.69 Å². The number of amides is 1. The Balaban J connectivity index is 1.53. The van der Waals surface area contributed by atoms with Gasteiger partial charge in [-0.15, -0.1) is 0 Å². The van der Waals surface area contributed by atoms with E-state index >= 15 is 0 Å². The third-order valence-electron chi connectivity index (χ3n) is 4.85. The van der Waals surface area contributed by atoms with Gasteiger partial charge in [-0.2, -0.15) is 0 Å². The molecular weight excluding hydrogens is 376 g/mol. The van der Waals surface area contributed by atoms with Crippen LogP contribution >= 0.6 is 11.6 Å². The summed E-state index contributed by atoms with van der Waals surface area (Å²) in [7, 11) is 2.13. The van der Waals surface area contributed by atoms with Crippen LogP contribution in [0.15, 0.2) is 48.5 Å². The lowest BCUT2D eigenvalue weighted by molar-refractivity contribution is -0.122. The average Bonchev–Trinajstić information content (AvgIpc) is 2.70. The van der Waals surface area contributed by atoms with Crippen molar-refractivity contribution in [3.05, 3.63) is 53.6 Å². The number of nitrogens with zero attached hydrogens (tertiary/aromatic N) is 1. The van der Waals surface area contributed by atoms with E-state index in [-0.39, 0.29) is 12.0 Å². The summed E-state index contributed by atoms with van der Waals surface area (Å²) in [6.45, 7) is 4.04. The van der Waals surface area contributed by atoms with E-state index in [1.807, 2.05) is 31.2 Å². The first-order chi connectivity index (χ1) is 13.5. The molecule has 1 heterocycles. The van der Waals surface area contributed by atoms with Crippen LogP contribution in [-0.2, 0) is 4.79 Å². The summed E-state index contributed by atoms with van der Waals surface area (Å²) in [5.74, 6) is 1.27. The number of carbonyl (C=O) groups excluding carboxylic acids is 1. The van der Waals surface area contributed by atoms with Gasteiger partial charge in [0.2, 0.25) is 0 Å². The molecule has 2 aromatic rings. The average molecular weight is 403 g/mol. The maximum atomic E-state index is 12.5. The molecule has 1 fully saturated rings. The van der Waals surface area contributed by atoms with Crippen molar-refractivity contribution < 1.29 is 14.3 Å². The zero-order valence-electron chi connectivity index (χ0n) is 16.4. The van der Waals surface area contributed by atoms with Crippen LogP contribution in [0.5, 0.6) is 11.5 Å². The van der Waals surface area contributed by atoms with Crippen molar-refractivity contribution >= 4 is 23.2 Å². The molecule has 1 amide bonds. The SMILES string of the molecule is CCC(Oc1ccc(Cl)cc1)C(=O)Nc1ccc(OC2CCN(C)CC2)cc1. The smallest absolute Gasteiger partial charge is 0.265 e. The topological polar surface area (TPSA) is 50.8 Å². The molecule has 0 spiro atoms. The molecule has 1 aliphatic heterocycles. The highest BCUT2D eigenvalue weighted by Crippen LogP contribution is 2.22. The Morgan fingerprint density at radius 3 is 2.32 bits per heavy atom. The van der Waals surface area contributed by atoms with Crippen LogP contribution in [0.25, 0.3) is 0 Å². The van der Waals surface area contributed by atoms with Crippen molar-refractivity contribution in [1.82, 2.24) is 4.90 Å². The van der Waals surface area contributed by atoms with Crippen molar-refractivity contribution in [3.8, 4) is 11.5 Å². The minimum atomic E-state index is -0.573. The predicted molar refractivity (Wildman–Crippen MR) is 112 cm³/mol. The first kappa shape index (κ1) is 20.5. The van der Waals surface area contributed by atoms with Crippen LogP contribution < -0.4 is 14.8 Å². The number of hydrogen-bond acceptors (Lipinski definition) is 4. The van der Waals surface area contributed by atoms with E-state index in [9.17, 15) is 4.79 Å². The number of ether oxygens (including phenoxy) is 2. The molecule has 1 atom stereocenters. The number of halogens is 1. The molecule has 2 aromatic carbocycles. The largest absolute Gasteiger partial charge is 0.490 e. The van der Waals surface area contributed by atoms with Crippen LogP contribution in [-0.4, -0.2) is 43.2 Å². The maximum absolute atomic E-state index is 12.5. The van der Waals surface area contributed by atoms with Crippen LogP contribution in [0.1, 0.15) is 26.2 Å². The van der Waals surface area contributed by atoms with E-state index < -0.39 is 6.10 Å². The highest BCUT2D eigenvalue weighted by Gasteiger charge is 2.20. The molecule has 150 valence electrons. The Bertz CT molecular complexity index is 756. The summed E-state index contributed by atoms with van der Waals surface area (Å²) in [6.07, 6.45) is 2.32. The number of nitrogens with one attached hydrogen (secondary N) is 1. The molecule has 1 unspecified atom stereocenters. The zero-order valence-corrected chi connectivity index (χ0v) is 17.1. The fourth-order valence-corrected chi connectivity index (χ4v) is 3.26. The molecule has 1 saturated heterocycles. The second-order valence-electron chi connectivity index (χ2n) is 7.10. The zero-order chi connectivity index (χ0) is 19.9. The van der Waals surface area contributed by atoms with Crippen molar-refractivity contribution in [2.24, 2.45) is 0 Å². The lowest BCUT2D eigenvalue weighted by Crippen LogP contribution is -2.35. The van der Waals surface area contributed by atoms with Gasteiger partial charge < -0.3 is 19.7 Å². The number of piperidine rings is 1. The van der Waals surface area contributed by atoms with Gasteiger partial charge in [0.15, 0.2) is 6.10 Å². The predicted octanol–water partition coefficient (Wildman–Crippen LogP) is 4.61. The molecule has 0 aromatic heterocycles. The number of hydrogen-bond donors (Lipinski definition) is 1. The van der Waals surface area contributed by atoms with Gasteiger partial charge in [-0.05, 0) is 74.8 Å². The van der Waals surface area contributed by atoms with Gasteiger partial charge in [-0.1, -0.05) is 18.5 Å². The van der Waals surface area contributed by atoms with Gasteiger partial charge in [-0.3, -0.25) is 4.79 Å². The number of anilines is 1. The summed E-state index contributed by atoms with van der Waals surface area (Å²) >= 11 is 5.89. The van der Waals surface area contributed by atoms with E-state index in [2.05, 4.69) is 17.3 Å². The minimum absolute atomic E-state index is 0.179. The molecule has 1 aliphatic rings. The van der Waals surface area contributed by atoms with Gasteiger partial charge in [-0.25, -0.2) is 0 Å². The second kappa shape index (κ2) is 9.80. The van der Waals surface area contributed by atoms with Gasteiger partial charge >= 0.3 is 0 Å². The number of carbonyl (C=O) groups is 1. The standard InChI is InChI=1S/C22H27ClN2O3/c1-3-21(28-19-8-4-16(23)5-9-19)22(26)24-17-6-10-18(11-7-17)27-20-12-14-25(2)15-13-20/h4-11,20-21H,3,12-15H2,1-2H3,(H,24,26). The minimum Gasteiger partial charge on any atom is -0.490 e. The monoisotopic (exact) mass is 402 g/mol. The molecule has 0 bridgehead atoms. The van der Waals surface area contributed by atoms with E-state index in [0.29, 0.717) is 17.2 Å². The van der Waals surface area contributed by atoms with E-state index in [4.69, 9.17) is 21.1 Å². The van der Waals surface area contributed by atoms with Crippen LogP contribution in [0, 0.1) is 0 Å².